The van der Waals surface area contributed by atoms with E-state index in [2.05, 4.69) is 15.3 Å². The molecular weight excluding hydrogens is 377 g/mol. The van der Waals surface area contributed by atoms with Crippen LogP contribution in [0.4, 0.5) is 5.13 Å². The summed E-state index contributed by atoms with van der Waals surface area (Å²) in [5.41, 5.74) is 2.55. The molecule has 0 spiro atoms. The summed E-state index contributed by atoms with van der Waals surface area (Å²) in [5, 5.41) is 4.41. The molecule has 0 saturated heterocycles. The predicted molar refractivity (Wildman–Crippen MR) is 103 cm³/mol. The van der Waals surface area contributed by atoms with Gasteiger partial charge in [0.1, 0.15) is 0 Å². The van der Waals surface area contributed by atoms with Crippen molar-refractivity contribution in [2.75, 3.05) is 5.32 Å². The topological polar surface area (TPSA) is 54.9 Å². The summed E-state index contributed by atoms with van der Waals surface area (Å²) in [7, 11) is 0. The number of aromatic nitrogens is 2. The predicted octanol–water partition coefficient (Wildman–Crippen LogP) is 5.39. The largest absolute Gasteiger partial charge is 0.302 e. The molecule has 0 aliphatic rings. The molecule has 3 aromatic rings. The Hall–Kier alpha value is -1.95. The highest BCUT2D eigenvalue weighted by Crippen LogP contribution is 2.31. The van der Waals surface area contributed by atoms with E-state index in [1.807, 2.05) is 37.3 Å². The number of pyridine rings is 1. The Morgan fingerprint density at radius 1 is 1.20 bits per heavy atom. The third kappa shape index (κ3) is 4.37. The Labute approximate surface area is 159 Å². The Bertz CT molecular complexity index is 897. The van der Waals surface area contributed by atoms with Crippen molar-refractivity contribution in [2.24, 2.45) is 0 Å². The Morgan fingerprint density at radius 2 is 2.04 bits per heavy atom. The van der Waals surface area contributed by atoms with Gasteiger partial charge in [-0.2, -0.15) is 0 Å². The monoisotopic (exact) mass is 391 g/mol. The van der Waals surface area contributed by atoms with Crippen molar-refractivity contribution < 1.29 is 4.79 Å². The maximum atomic E-state index is 12.2. The normalized spacial score (nSPS) is 10.7. The summed E-state index contributed by atoms with van der Waals surface area (Å²) < 4.78 is 0. The van der Waals surface area contributed by atoms with Crippen LogP contribution < -0.4 is 5.32 Å². The summed E-state index contributed by atoms with van der Waals surface area (Å²) in [6.07, 6.45) is 2.56. The fourth-order valence-corrected chi connectivity index (χ4v) is 3.73. The fourth-order valence-electron chi connectivity index (χ4n) is 2.36. The number of halogens is 2. The van der Waals surface area contributed by atoms with Crippen molar-refractivity contribution in [3.63, 3.8) is 0 Å². The molecule has 2 aromatic heterocycles. The Balaban J connectivity index is 1.65. The molecular formula is C18H15Cl2N3OS. The summed E-state index contributed by atoms with van der Waals surface area (Å²) in [6.45, 7) is 1.90. The number of aryl methyl sites for hydroxylation is 2. The van der Waals surface area contributed by atoms with Gasteiger partial charge in [-0.3, -0.25) is 9.78 Å². The zero-order valence-electron chi connectivity index (χ0n) is 13.4. The summed E-state index contributed by atoms with van der Waals surface area (Å²) >= 11 is 13.6. The second kappa shape index (κ2) is 7.95. The van der Waals surface area contributed by atoms with Gasteiger partial charge in [0, 0.05) is 12.6 Å². The van der Waals surface area contributed by atoms with E-state index in [4.69, 9.17) is 23.2 Å². The van der Waals surface area contributed by atoms with Gasteiger partial charge in [-0.15, -0.1) is 0 Å². The molecule has 3 rings (SSSR count). The minimum atomic E-state index is -0.114. The number of hydrogen-bond donors (Lipinski definition) is 1. The lowest BCUT2D eigenvalue weighted by molar-refractivity contribution is -0.116. The number of carbonyl (C=O) groups excluding carboxylic acids is 1. The van der Waals surface area contributed by atoms with Crippen molar-refractivity contribution in [1.82, 2.24) is 9.97 Å². The van der Waals surface area contributed by atoms with Gasteiger partial charge in [0.25, 0.3) is 0 Å². The number of rotatable bonds is 5. The van der Waals surface area contributed by atoms with Crippen LogP contribution in [-0.4, -0.2) is 15.9 Å². The van der Waals surface area contributed by atoms with Crippen LogP contribution in [-0.2, 0) is 11.2 Å². The number of thiazole rings is 1. The van der Waals surface area contributed by atoms with Gasteiger partial charge in [0.2, 0.25) is 5.91 Å². The van der Waals surface area contributed by atoms with Gasteiger partial charge in [0.15, 0.2) is 5.13 Å². The maximum Gasteiger partial charge on any atom is 0.226 e. The molecule has 0 aliphatic heterocycles. The number of hydrogen-bond acceptors (Lipinski definition) is 4. The van der Waals surface area contributed by atoms with E-state index < -0.39 is 0 Å². The van der Waals surface area contributed by atoms with Crippen LogP contribution in [0.25, 0.3) is 10.6 Å². The average Bonchev–Trinajstić information content (AvgIpc) is 2.97. The highest BCUT2D eigenvalue weighted by atomic mass is 35.5. The maximum absolute atomic E-state index is 12.2. The molecule has 0 aliphatic carbocycles. The van der Waals surface area contributed by atoms with Crippen molar-refractivity contribution >= 4 is 45.6 Å². The first-order valence-corrected chi connectivity index (χ1v) is 9.23. The van der Waals surface area contributed by atoms with Crippen LogP contribution in [0, 0.1) is 6.92 Å². The number of benzene rings is 1. The molecule has 0 atom stereocenters. The van der Waals surface area contributed by atoms with E-state index in [0.717, 1.165) is 21.8 Å². The van der Waals surface area contributed by atoms with Crippen molar-refractivity contribution in [2.45, 2.75) is 19.8 Å². The smallest absolute Gasteiger partial charge is 0.226 e. The van der Waals surface area contributed by atoms with Gasteiger partial charge < -0.3 is 5.32 Å². The molecule has 0 unspecified atom stereocenters. The number of amides is 1. The summed E-state index contributed by atoms with van der Waals surface area (Å²) in [5.74, 6) is -0.114. The fraction of sp³-hybridized carbons (Fsp3) is 0.167. The molecule has 1 amide bonds. The Kier molecular flexibility index (Phi) is 5.68. The standard InChI is InChI=1S/C18H15Cl2N3OS/c1-11-17(14-7-2-3-10-21-14)25-18(22-11)23-15(24)9-8-12-5-4-6-13(19)16(12)20/h2-7,10H,8-9H2,1H3,(H,22,23,24). The number of anilines is 1. The summed E-state index contributed by atoms with van der Waals surface area (Å²) in [6, 6.07) is 11.1. The highest BCUT2D eigenvalue weighted by molar-refractivity contribution is 7.19. The average molecular weight is 392 g/mol. The first-order chi connectivity index (χ1) is 12.0. The molecule has 4 nitrogen and oxygen atoms in total. The zero-order valence-corrected chi connectivity index (χ0v) is 15.8. The van der Waals surface area contributed by atoms with E-state index in [-0.39, 0.29) is 5.91 Å². The van der Waals surface area contributed by atoms with Gasteiger partial charge >= 0.3 is 0 Å². The minimum Gasteiger partial charge on any atom is -0.302 e. The molecule has 2 heterocycles. The van der Waals surface area contributed by atoms with Crippen LogP contribution in [0.1, 0.15) is 17.7 Å². The molecule has 0 fully saturated rings. The molecule has 0 radical (unpaired) electrons. The second-order valence-corrected chi connectivity index (χ2v) is 7.19. The molecule has 1 N–H and O–H groups in total. The van der Waals surface area contributed by atoms with Crippen LogP contribution in [0.2, 0.25) is 10.0 Å². The van der Waals surface area contributed by atoms with Gasteiger partial charge in [0.05, 0.1) is 26.3 Å². The lowest BCUT2D eigenvalue weighted by atomic mass is 10.1. The molecule has 1 aromatic carbocycles. The molecule has 7 heteroatoms. The SMILES string of the molecule is Cc1nc(NC(=O)CCc2cccc(Cl)c2Cl)sc1-c1ccccn1. The molecule has 128 valence electrons. The van der Waals surface area contributed by atoms with Crippen molar-refractivity contribution in [3.8, 4) is 10.6 Å². The van der Waals surface area contributed by atoms with Gasteiger partial charge in [-0.05, 0) is 37.1 Å². The van der Waals surface area contributed by atoms with Crippen molar-refractivity contribution in [1.29, 1.82) is 0 Å². The number of nitrogens with zero attached hydrogens (tertiary/aromatic N) is 2. The van der Waals surface area contributed by atoms with Crippen LogP contribution in [0.5, 0.6) is 0 Å². The Morgan fingerprint density at radius 3 is 2.80 bits per heavy atom. The number of carbonyl (C=O) groups is 1. The minimum absolute atomic E-state index is 0.114. The first kappa shape index (κ1) is 17.9. The van der Waals surface area contributed by atoms with Crippen LogP contribution in [0.3, 0.4) is 0 Å². The number of nitrogens with one attached hydrogen (secondary N) is 1. The first-order valence-electron chi connectivity index (χ1n) is 7.66. The van der Waals surface area contributed by atoms with E-state index in [1.165, 1.54) is 11.3 Å². The second-order valence-electron chi connectivity index (χ2n) is 5.41. The third-order valence-corrected chi connectivity index (χ3v) is 5.55. The molecule has 25 heavy (non-hydrogen) atoms. The summed E-state index contributed by atoms with van der Waals surface area (Å²) in [4.78, 5) is 21.9. The zero-order chi connectivity index (χ0) is 17.8. The third-order valence-electron chi connectivity index (χ3n) is 3.59. The van der Waals surface area contributed by atoms with Crippen LogP contribution in [0.15, 0.2) is 42.6 Å². The van der Waals surface area contributed by atoms with E-state index in [9.17, 15) is 4.79 Å². The quantitative estimate of drug-likeness (QED) is 0.633. The molecule has 0 saturated carbocycles. The highest BCUT2D eigenvalue weighted by Gasteiger charge is 2.13. The lowest BCUT2D eigenvalue weighted by Gasteiger charge is -2.05. The van der Waals surface area contributed by atoms with Crippen molar-refractivity contribution in [3.05, 3.63) is 63.9 Å². The van der Waals surface area contributed by atoms with E-state index >= 15 is 0 Å². The molecule has 0 bridgehead atoms. The lowest BCUT2D eigenvalue weighted by Crippen LogP contribution is -2.12. The van der Waals surface area contributed by atoms with E-state index in [1.54, 1.807) is 12.3 Å². The van der Waals surface area contributed by atoms with Crippen LogP contribution >= 0.6 is 34.5 Å². The van der Waals surface area contributed by atoms with Gasteiger partial charge in [-0.1, -0.05) is 52.7 Å². The van der Waals surface area contributed by atoms with Gasteiger partial charge in [-0.25, -0.2) is 4.98 Å². The van der Waals surface area contributed by atoms with E-state index in [0.29, 0.717) is 28.0 Å².